The van der Waals surface area contributed by atoms with E-state index >= 15 is 0 Å². The molecule has 0 radical (unpaired) electrons. The molecule has 0 fully saturated rings. The molecule has 158 valence electrons. The first-order valence-electron chi connectivity index (χ1n) is 10.6. The molecule has 0 atom stereocenters. The van der Waals surface area contributed by atoms with E-state index in [1.807, 2.05) is 37.3 Å². The van der Waals surface area contributed by atoms with Crippen molar-refractivity contribution in [2.75, 3.05) is 13.7 Å². The molecule has 0 amide bonds. The third-order valence-corrected chi connectivity index (χ3v) is 5.41. The smallest absolute Gasteiger partial charge is 0.127 e. The molecule has 3 nitrogen and oxygen atoms in total. The molecule has 3 aromatic carbocycles. The lowest BCUT2D eigenvalue weighted by Crippen LogP contribution is -2.17. The predicted octanol–water partition coefficient (Wildman–Crippen LogP) is 7.19. The Morgan fingerprint density at radius 1 is 0.767 bits per heavy atom. The van der Waals surface area contributed by atoms with Crippen molar-refractivity contribution >= 4 is 0 Å². The molecule has 0 aliphatic carbocycles. The second kappa shape index (κ2) is 10.2. The van der Waals surface area contributed by atoms with Crippen LogP contribution in [0.5, 0.6) is 23.0 Å². The summed E-state index contributed by atoms with van der Waals surface area (Å²) < 4.78 is 16.8. The lowest BCUT2D eigenvalue weighted by atomic mass is 9.80. The highest BCUT2D eigenvalue weighted by atomic mass is 16.5. The molecule has 0 saturated carbocycles. The van der Waals surface area contributed by atoms with Gasteiger partial charge in [-0.05, 0) is 91.3 Å². The zero-order valence-electron chi connectivity index (χ0n) is 18.5. The van der Waals surface area contributed by atoms with E-state index < -0.39 is 0 Å². The van der Waals surface area contributed by atoms with Crippen LogP contribution in [-0.2, 0) is 11.8 Å². The highest BCUT2D eigenvalue weighted by molar-refractivity contribution is 5.37. The van der Waals surface area contributed by atoms with Crippen LogP contribution in [0.4, 0.5) is 0 Å². The zero-order valence-corrected chi connectivity index (χ0v) is 18.5. The van der Waals surface area contributed by atoms with Gasteiger partial charge in [0.25, 0.3) is 0 Å². The van der Waals surface area contributed by atoms with Gasteiger partial charge in [-0.25, -0.2) is 0 Å². The van der Waals surface area contributed by atoms with Gasteiger partial charge in [0.05, 0.1) is 13.7 Å². The standard InChI is InChI=1S/C27H32O3/c1-5-29-24-13-11-22(12-14-24)27(2,3)19-7-9-21-8-6-10-26(20-21)30-25-17-15-23(28-4)16-18-25/h6,8,10-18,20H,5,7,9,19H2,1-4H3. The van der Waals surface area contributed by atoms with Crippen LogP contribution in [0.3, 0.4) is 0 Å². The molecule has 3 heteroatoms. The molecule has 0 aliphatic rings. The highest BCUT2D eigenvalue weighted by Crippen LogP contribution is 2.31. The lowest BCUT2D eigenvalue weighted by molar-refractivity contribution is 0.339. The number of hydrogen-bond donors (Lipinski definition) is 0. The van der Waals surface area contributed by atoms with Crippen molar-refractivity contribution in [2.24, 2.45) is 0 Å². The van der Waals surface area contributed by atoms with E-state index in [1.165, 1.54) is 11.1 Å². The Bertz CT molecular complexity index is 912. The van der Waals surface area contributed by atoms with Crippen LogP contribution in [0.1, 0.15) is 44.7 Å². The fourth-order valence-electron chi connectivity index (χ4n) is 3.59. The van der Waals surface area contributed by atoms with Gasteiger partial charge < -0.3 is 14.2 Å². The van der Waals surface area contributed by atoms with E-state index in [2.05, 4.69) is 56.3 Å². The van der Waals surface area contributed by atoms with Crippen molar-refractivity contribution in [1.29, 1.82) is 0 Å². The fraction of sp³-hybridized carbons (Fsp3) is 0.333. The first-order chi connectivity index (χ1) is 14.5. The van der Waals surface area contributed by atoms with Crippen molar-refractivity contribution in [1.82, 2.24) is 0 Å². The summed E-state index contributed by atoms with van der Waals surface area (Å²) in [5.74, 6) is 3.44. The minimum Gasteiger partial charge on any atom is -0.497 e. The molecule has 0 saturated heterocycles. The van der Waals surface area contributed by atoms with Gasteiger partial charge in [-0.3, -0.25) is 0 Å². The van der Waals surface area contributed by atoms with Crippen LogP contribution in [0.2, 0.25) is 0 Å². The first-order valence-corrected chi connectivity index (χ1v) is 10.6. The Kier molecular flexibility index (Phi) is 7.40. The van der Waals surface area contributed by atoms with Gasteiger partial charge in [0.15, 0.2) is 0 Å². The van der Waals surface area contributed by atoms with Gasteiger partial charge >= 0.3 is 0 Å². The quantitative estimate of drug-likeness (QED) is 0.358. The number of hydrogen-bond acceptors (Lipinski definition) is 3. The maximum atomic E-state index is 6.00. The molecule has 3 rings (SSSR count). The van der Waals surface area contributed by atoms with E-state index in [0.29, 0.717) is 6.61 Å². The summed E-state index contributed by atoms with van der Waals surface area (Å²) in [4.78, 5) is 0. The van der Waals surface area contributed by atoms with E-state index in [4.69, 9.17) is 14.2 Å². The van der Waals surface area contributed by atoms with Crippen LogP contribution in [0.15, 0.2) is 72.8 Å². The van der Waals surface area contributed by atoms with E-state index in [1.54, 1.807) is 7.11 Å². The van der Waals surface area contributed by atoms with Gasteiger partial charge in [0, 0.05) is 0 Å². The second-order valence-electron chi connectivity index (χ2n) is 8.12. The molecule has 3 aromatic rings. The van der Waals surface area contributed by atoms with Crippen molar-refractivity contribution in [3.8, 4) is 23.0 Å². The van der Waals surface area contributed by atoms with Gasteiger partial charge in [-0.1, -0.05) is 38.1 Å². The molecule has 0 heterocycles. The molecule has 0 aliphatic heterocycles. The number of aryl methyl sites for hydroxylation is 1. The minimum absolute atomic E-state index is 0.127. The Morgan fingerprint density at radius 2 is 1.43 bits per heavy atom. The number of methoxy groups -OCH3 is 1. The van der Waals surface area contributed by atoms with Crippen molar-refractivity contribution in [3.63, 3.8) is 0 Å². The summed E-state index contributed by atoms with van der Waals surface area (Å²) in [6, 6.07) is 24.5. The maximum absolute atomic E-state index is 6.00. The van der Waals surface area contributed by atoms with Crippen molar-refractivity contribution in [2.45, 2.75) is 45.4 Å². The van der Waals surface area contributed by atoms with Crippen LogP contribution in [0.25, 0.3) is 0 Å². The third-order valence-electron chi connectivity index (χ3n) is 5.41. The Hall–Kier alpha value is -2.94. The predicted molar refractivity (Wildman–Crippen MR) is 123 cm³/mol. The molecule has 0 spiro atoms. The Labute approximate surface area is 180 Å². The molecule has 30 heavy (non-hydrogen) atoms. The third kappa shape index (κ3) is 6.03. The van der Waals surface area contributed by atoms with E-state index in [9.17, 15) is 0 Å². The van der Waals surface area contributed by atoms with Gasteiger partial charge in [-0.15, -0.1) is 0 Å². The summed E-state index contributed by atoms with van der Waals surface area (Å²) in [6.45, 7) is 7.33. The van der Waals surface area contributed by atoms with Crippen molar-refractivity contribution in [3.05, 3.63) is 83.9 Å². The molecule has 0 unspecified atom stereocenters. The normalized spacial score (nSPS) is 11.2. The summed E-state index contributed by atoms with van der Waals surface area (Å²) in [5, 5.41) is 0. The molecular weight excluding hydrogens is 372 g/mol. The van der Waals surface area contributed by atoms with Gasteiger partial charge in [0.1, 0.15) is 23.0 Å². The number of ether oxygens (including phenoxy) is 3. The number of rotatable bonds is 10. The highest BCUT2D eigenvalue weighted by Gasteiger charge is 2.20. The minimum atomic E-state index is 0.127. The van der Waals surface area contributed by atoms with Crippen LogP contribution in [0, 0.1) is 0 Å². The second-order valence-corrected chi connectivity index (χ2v) is 8.12. The lowest BCUT2D eigenvalue weighted by Gasteiger charge is -2.25. The average Bonchev–Trinajstić information content (AvgIpc) is 2.75. The zero-order chi connectivity index (χ0) is 21.4. The fourth-order valence-corrected chi connectivity index (χ4v) is 3.59. The van der Waals surface area contributed by atoms with Gasteiger partial charge in [0.2, 0.25) is 0 Å². The monoisotopic (exact) mass is 404 g/mol. The Balaban J connectivity index is 1.55. The summed E-state index contributed by atoms with van der Waals surface area (Å²) in [7, 11) is 1.66. The van der Waals surface area contributed by atoms with Crippen LogP contribution >= 0.6 is 0 Å². The van der Waals surface area contributed by atoms with Crippen molar-refractivity contribution < 1.29 is 14.2 Å². The Morgan fingerprint density at radius 3 is 2.10 bits per heavy atom. The molecule has 0 aromatic heterocycles. The average molecular weight is 405 g/mol. The summed E-state index contributed by atoms with van der Waals surface area (Å²) >= 11 is 0. The molecule has 0 N–H and O–H groups in total. The first kappa shape index (κ1) is 21.8. The van der Waals surface area contributed by atoms with Gasteiger partial charge in [-0.2, -0.15) is 0 Å². The van der Waals surface area contributed by atoms with E-state index in [-0.39, 0.29) is 5.41 Å². The van der Waals surface area contributed by atoms with E-state index in [0.717, 1.165) is 42.3 Å². The van der Waals surface area contributed by atoms with Crippen LogP contribution < -0.4 is 14.2 Å². The SMILES string of the molecule is CCOc1ccc(C(C)(C)CCCc2cccc(Oc3ccc(OC)cc3)c2)cc1. The maximum Gasteiger partial charge on any atom is 0.127 e. The summed E-state index contributed by atoms with van der Waals surface area (Å²) in [6.07, 6.45) is 3.26. The topological polar surface area (TPSA) is 27.7 Å². The number of benzene rings is 3. The van der Waals surface area contributed by atoms with Crippen LogP contribution in [-0.4, -0.2) is 13.7 Å². The largest absolute Gasteiger partial charge is 0.497 e. The molecular formula is C27H32O3. The summed E-state index contributed by atoms with van der Waals surface area (Å²) in [5.41, 5.74) is 2.77. The molecule has 0 bridgehead atoms.